The Morgan fingerprint density at radius 1 is 1.24 bits per heavy atom. The molecule has 0 amide bonds. The van der Waals surface area contributed by atoms with E-state index in [1.807, 2.05) is 0 Å². The Labute approximate surface area is 125 Å². The van der Waals surface area contributed by atoms with E-state index < -0.39 is 11.0 Å². The summed E-state index contributed by atoms with van der Waals surface area (Å²) in [5.74, 6) is 1.45. The van der Waals surface area contributed by atoms with Gasteiger partial charge in [-0.1, -0.05) is 13.8 Å². The van der Waals surface area contributed by atoms with Gasteiger partial charge in [-0.3, -0.25) is 10.1 Å². The molecular formula is C16H24N2O3. The number of non-ortho nitro benzene ring substituents is 1. The zero-order valence-electron chi connectivity index (χ0n) is 12.7. The van der Waals surface area contributed by atoms with Gasteiger partial charge in [0.25, 0.3) is 5.69 Å². The third-order valence-electron chi connectivity index (χ3n) is 4.27. The maximum absolute atomic E-state index is 10.6. The summed E-state index contributed by atoms with van der Waals surface area (Å²) in [6.07, 6.45) is 2.95. The van der Waals surface area contributed by atoms with E-state index in [1.165, 1.54) is 18.6 Å². The van der Waals surface area contributed by atoms with E-state index in [-0.39, 0.29) is 5.69 Å². The van der Waals surface area contributed by atoms with Crippen LogP contribution < -0.4 is 5.32 Å². The lowest BCUT2D eigenvalue weighted by atomic mass is 9.80. The molecule has 0 saturated heterocycles. The van der Waals surface area contributed by atoms with Crippen molar-refractivity contribution < 1.29 is 10.0 Å². The van der Waals surface area contributed by atoms with Gasteiger partial charge in [0.1, 0.15) is 0 Å². The van der Waals surface area contributed by atoms with Gasteiger partial charge in [-0.15, -0.1) is 0 Å². The normalized spacial score (nSPS) is 27.3. The fraction of sp³-hybridized carbons (Fsp3) is 0.625. The minimum atomic E-state index is -0.627. The second kappa shape index (κ2) is 7.00. The zero-order chi connectivity index (χ0) is 15.4. The first-order valence-electron chi connectivity index (χ1n) is 7.61. The molecule has 0 aliphatic heterocycles. The topological polar surface area (TPSA) is 75.4 Å². The fourth-order valence-electron chi connectivity index (χ4n) is 3.33. The van der Waals surface area contributed by atoms with Crippen LogP contribution in [0.15, 0.2) is 24.3 Å². The predicted octanol–water partition coefficient (Wildman–Crippen LogP) is 3.04. The van der Waals surface area contributed by atoms with Crippen LogP contribution in [0.2, 0.25) is 0 Å². The van der Waals surface area contributed by atoms with Crippen LogP contribution >= 0.6 is 0 Å². The summed E-state index contributed by atoms with van der Waals surface area (Å²) in [6.45, 7) is 5.04. The molecule has 5 heteroatoms. The van der Waals surface area contributed by atoms with Crippen molar-refractivity contribution in [3.8, 4) is 0 Å². The van der Waals surface area contributed by atoms with E-state index in [2.05, 4.69) is 19.2 Å². The molecule has 21 heavy (non-hydrogen) atoms. The van der Waals surface area contributed by atoms with Crippen LogP contribution in [-0.2, 0) is 0 Å². The average Bonchev–Trinajstić information content (AvgIpc) is 2.44. The zero-order valence-corrected chi connectivity index (χ0v) is 12.7. The van der Waals surface area contributed by atoms with Crippen LogP contribution in [0.5, 0.6) is 0 Å². The summed E-state index contributed by atoms with van der Waals surface area (Å²) >= 11 is 0. The SMILES string of the molecule is CC1CC(C)CC(NCC(O)c2ccc([N+](=O)[O-])cc2)C1. The monoisotopic (exact) mass is 292 g/mol. The Balaban J connectivity index is 1.86. The second-order valence-corrected chi connectivity index (χ2v) is 6.39. The number of hydrogen-bond acceptors (Lipinski definition) is 4. The standard InChI is InChI=1S/C16H24N2O3/c1-11-7-12(2)9-14(8-11)17-10-16(19)13-3-5-15(6-4-13)18(20)21/h3-6,11-12,14,16-17,19H,7-10H2,1-2H3. The van der Waals surface area contributed by atoms with Crippen molar-refractivity contribution in [3.63, 3.8) is 0 Å². The van der Waals surface area contributed by atoms with E-state index in [1.54, 1.807) is 12.1 Å². The number of nitrogens with one attached hydrogen (secondary N) is 1. The summed E-state index contributed by atoms with van der Waals surface area (Å²) in [5.41, 5.74) is 0.763. The molecule has 1 saturated carbocycles. The molecule has 2 rings (SSSR count). The molecule has 0 spiro atoms. The average molecular weight is 292 g/mol. The number of nitrogens with zero attached hydrogens (tertiary/aromatic N) is 1. The largest absolute Gasteiger partial charge is 0.387 e. The van der Waals surface area contributed by atoms with Crippen molar-refractivity contribution in [3.05, 3.63) is 39.9 Å². The molecule has 2 N–H and O–H groups in total. The molecular weight excluding hydrogens is 268 g/mol. The number of benzene rings is 1. The summed E-state index contributed by atoms with van der Waals surface area (Å²) in [7, 11) is 0. The van der Waals surface area contributed by atoms with Gasteiger partial charge in [0.15, 0.2) is 0 Å². The molecule has 5 nitrogen and oxygen atoms in total. The molecule has 1 aliphatic carbocycles. The number of aliphatic hydroxyl groups is 1. The molecule has 0 aromatic heterocycles. The highest BCUT2D eigenvalue weighted by atomic mass is 16.6. The first-order chi connectivity index (χ1) is 9.95. The smallest absolute Gasteiger partial charge is 0.269 e. The van der Waals surface area contributed by atoms with E-state index in [9.17, 15) is 15.2 Å². The summed E-state index contributed by atoms with van der Waals surface area (Å²) in [5, 5.41) is 24.2. The van der Waals surface area contributed by atoms with Gasteiger partial charge in [-0.2, -0.15) is 0 Å². The Morgan fingerprint density at radius 3 is 2.33 bits per heavy atom. The van der Waals surface area contributed by atoms with Gasteiger partial charge >= 0.3 is 0 Å². The van der Waals surface area contributed by atoms with Gasteiger partial charge < -0.3 is 10.4 Å². The van der Waals surface area contributed by atoms with Gasteiger partial charge in [-0.25, -0.2) is 0 Å². The highest BCUT2D eigenvalue weighted by Crippen LogP contribution is 2.28. The minimum Gasteiger partial charge on any atom is -0.387 e. The molecule has 0 bridgehead atoms. The van der Waals surface area contributed by atoms with E-state index in [0.717, 1.165) is 24.7 Å². The first-order valence-corrected chi connectivity index (χ1v) is 7.61. The van der Waals surface area contributed by atoms with Crippen molar-refractivity contribution >= 4 is 5.69 Å². The number of rotatable bonds is 5. The van der Waals surface area contributed by atoms with Gasteiger partial charge in [0.05, 0.1) is 11.0 Å². The molecule has 1 fully saturated rings. The minimum absolute atomic E-state index is 0.0499. The van der Waals surface area contributed by atoms with Crippen molar-refractivity contribution in [2.45, 2.75) is 45.3 Å². The molecule has 3 atom stereocenters. The maximum Gasteiger partial charge on any atom is 0.269 e. The molecule has 3 unspecified atom stereocenters. The van der Waals surface area contributed by atoms with Gasteiger partial charge in [0, 0.05) is 24.7 Å². The van der Waals surface area contributed by atoms with Crippen LogP contribution in [0.3, 0.4) is 0 Å². The summed E-state index contributed by atoms with van der Waals surface area (Å²) < 4.78 is 0. The number of aliphatic hydroxyl groups excluding tert-OH is 1. The van der Waals surface area contributed by atoms with E-state index in [4.69, 9.17) is 0 Å². The molecule has 1 aliphatic rings. The quantitative estimate of drug-likeness (QED) is 0.646. The van der Waals surface area contributed by atoms with Crippen LogP contribution in [-0.4, -0.2) is 22.6 Å². The molecule has 1 aromatic rings. The molecule has 1 aromatic carbocycles. The lowest BCUT2D eigenvalue weighted by Crippen LogP contribution is -2.38. The number of nitro groups is 1. The van der Waals surface area contributed by atoms with Crippen LogP contribution in [0.25, 0.3) is 0 Å². The first kappa shape index (κ1) is 15.9. The Kier molecular flexibility index (Phi) is 5.31. The van der Waals surface area contributed by atoms with Crippen molar-refractivity contribution in [1.29, 1.82) is 0 Å². The lowest BCUT2D eigenvalue weighted by molar-refractivity contribution is -0.384. The molecule has 116 valence electrons. The third-order valence-corrected chi connectivity index (χ3v) is 4.27. The van der Waals surface area contributed by atoms with E-state index >= 15 is 0 Å². The van der Waals surface area contributed by atoms with Crippen molar-refractivity contribution in [2.24, 2.45) is 11.8 Å². The summed E-state index contributed by atoms with van der Waals surface area (Å²) in [6, 6.07) is 6.57. The van der Waals surface area contributed by atoms with Crippen LogP contribution in [0, 0.1) is 22.0 Å². The predicted molar refractivity (Wildman–Crippen MR) is 82.0 cm³/mol. The Morgan fingerprint density at radius 2 is 1.81 bits per heavy atom. The Hall–Kier alpha value is -1.46. The fourth-order valence-corrected chi connectivity index (χ4v) is 3.33. The number of nitro benzene ring substituents is 1. The number of hydrogen-bond donors (Lipinski definition) is 2. The van der Waals surface area contributed by atoms with Gasteiger partial charge in [-0.05, 0) is 48.8 Å². The maximum atomic E-state index is 10.6. The van der Waals surface area contributed by atoms with Gasteiger partial charge in [0.2, 0.25) is 0 Å². The Bertz CT molecular complexity index is 465. The van der Waals surface area contributed by atoms with Crippen molar-refractivity contribution in [2.75, 3.05) is 6.54 Å². The van der Waals surface area contributed by atoms with Crippen molar-refractivity contribution in [1.82, 2.24) is 5.32 Å². The van der Waals surface area contributed by atoms with E-state index in [0.29, 0.717) is 18.2 Å². The highest BCUT2D eigenvalue weighted by Gasteiger charge is 2.24. The lowest BCUT2D eigenvalue weighted by Gasteiger charge is -2.32. The molecule has 0 radical (unpaired) electrons. The third kappa shape index (κ3) is 4.51. The summed E-state index contributed by atoms with van der Waals surface area (Å²) in [4.78, 5) is 10.2. The van der Waals surface area contributed by atoms with Crippen LogP contribution in [0.1, 0.15) is 44.8 Å². The van der Waals surface area contributed by atoms with Crippen LogP contribution in [0.4, 0.5) is 5.69 Å². The second-order valence-electron chi connectivity index (χ2n) is 6.39. The molecule has 0 heterocycles. The highest BCUT2D eigenvalue weighted by molar-refractivity contribution is 5.33.